The molecular weight excluding hydrogens is 288 g/mol. The molecule has 2 heterocycles. The van der Waals surface area contributed by atoms with Gasteiger partial charge in [0, 0.05) is 43.4 Å². The molecular formula is C18H24N4O. The Morgan fingerprint density at radius 2 is 2.13 bits per heavy atom. The van der Waals surface area contributed by atoms with Gasteiger partial charge in [0.05, 0.1) is 0 Å². The maximum absolute atomic E-state index is 13.1. The molecule has 0 aliphatic carbocycles. The average molecular weight is 312 g/mol. The quantitative estimate of drug-likeness (QED) is 0.892. The van der Waals surface area contributed by atoms with Crippen molar-refractivity contribution in [3.05, 3.63) is 52.8 Å². The van der Waals surface area contributed by atoms with Crippen LogP contribution in [0.3, 0.4) is 0 Å². The maximum Gasteiger partial charge on any atom is 0.275 e. The van der Waals surface area contributed by atoms with Crippen LogP contribution < -0.4 is 5.32 Å². The van der Waals surface area contributed by atoms with Crippen molar-refractivity contribution in [3.8, 4) is 0 Å². The van der Waals surface area contributed by atoms with Gasteiger partial charge >= 0.3 is 0 Å². The van der Waals surface area contributed by atoms with E-state index < -0.39 is 0 Å². The lowest BCUT2D eigenvalue weighted by atomic mass is 10.1. The number of rotatable bonds is 5. The zero-order chi connectivity index (χ0) is 16.2. The number of benzene rings is 1. The number of hydrogen-bond donors (Lipinski definition) is 2. The lowest BCUT2D eigenvalue weighted by Crippen LogP contribution is -2.39. The fraction of sp³-hybridized carbons (Fsp3) is 0.444. The van der Waals surface area contributed by atoms with Crippen molar-refractivity contribution in [2.75, 3.05) is 6.54 Å². The largest absolute Gasteiger partial charge is 0.330 e. The summed E-state index contributed by atoms with van der Waals surface area (Å²) in [5.74, 6) is 0.0180. The highest BCUT2D eigenvalue weighted by atomic mass is 16.2. The fourth-order valence-corrected chi connectivity index (χ4v) is 2.97. The van der Waals surface area contributed by atoms with Crippen molar-refractivity contribution in [1.29, 1.82) is 0 Å². The van der Waals surface area contributed by atoms with Crippen molar-refractivity contribution < 1.29 is 4.79 Å². The summed E-state index contributed by atoms with van der Waals surface area (Å²) in [7, 11) is 0. The van der Waals surface area contributed by atoms with E-state index in [2.05, 4.69) is 41.5 Å². The molecule has 1 aliphatic rings. The summed E-state index contributed by atoms with van der Waals surface area (Å²) in [6.45, 7) is 6.47. The van der Waals surface area contributed by atoms with Crippen molar-refractivity contribution in [1.82, 2.24) is 20.4 Å². The number of carbonyl (C=O) groups excluding carboxylic acids is 1. The van der Waals surface area contributed by atoms with E-state index in [0.29, 0.717) is 18.8 Å². The third kappa shape index (κ3) is 3.29. The van der Waals surface area contributed by atoms with Gasteiger partial charge in [-0.3, -0.25) is 9.89 Å². The summed E-state index contributed by atoms with van der Waals surface area (Å²) in [5, 5.41) is 10.7. The number of hydrogen-bond acceptors (Lipinski definition) is 3. The van der Waals surface area contributed by atoms with Crippen LogP contribution in [-0.4, -0.2) is 33.6 Å². The molecule has 1 atom stereocenters. The van der Waals surface area contributed by atoms with Crippen molar-refractivity contribution >= 4 is 5.91 Å². The molecule has 0 radical (unpaired) electrons. The van der Waals surface area contributed by atoms with Gasteiger partial charge in [-0.1, -0.05) is 37.3 Å². The SMILES string of the molecule is CCC(C)N(Cc1ccccc1)C(=O)c1n[nH]c2c1CNCC2. The second-order valence-corrected chi connectivity index (χ2v) is 6.13. The van der Waals surface area contributed by atoms with Gasteiger partial charge in [0.1, 0.15) is 0 Å². The number of nitrogens with one attached hydrogen (secondary N) is 2. The highest BCUT2D eigenvalue weighted by Crippen LogP contribution is 2.20. The third-order valence-electron chi connectivity index (χ3n) is 4.59. The zero-order valence-corrected chi connectivity index (χ0v) is 13.8. The molecule has 5 nitrogen and oxygen atoms in total. The number of H-pyrrole nitrogens is 1. The van der Waals surface area contributed by atoms with Gasteiger partial charge in [-0.15, -0.1) is 0 Å². The van der Waals surface area contributed by atoms with Gasteiger partial charge in [-0.05, 0) is 18.9 Å². The predicted octanol–water partition coefficient (Wildman–Crippen LogP) is 2.50. The second-order valence-electron chi connectivity index (χ2n) is 6.13. The van der Waals surface area contributed by atoms with Crippen LogP contribution in [0, 0.1) is 0 Å². The average Bonchev–Trinajstić information content (AvgIpc) is 3.03. The van der Waals surface area contributed by atoms with Crippen LogP contribution in [0.15, 0.2) is 30.3 Å². The molecule has 0 spiro atoms. The standard InChI is InChI=1S/C18H24N4O/c1-3-13(2)22(12-14-7-5-4-6-8-14)18(23)17-15-11-19-10-9-16(15)20-21-17/h4-8,13,19H,3,9-12H2,1-2H3,(H,20,21). The smallest absolute Gasteiger partial charge is 0.275 e. The highest BCUT2D eigenvalue weighted by molar-refractivity contribution is 5.94. The van der Waals surface area contributed by atoms with Crippen molar-refractivity contribution in [2.24, 2.45) is 0 Å². The minimum atomic E-state index is 0.0180. The monoisotopic (exact) mass is 312 g/mol. The molecule has 3 rings (SSSR count). The number of carbonyl (C=O) groups is 1. The van der Waals surface area contributed by atoms with Crippen molar-refractivity contribution in [3.63, 3.8) is 0 Å². The second kappa shape index (κ2) is 6.96. The van der Waals surface area contributed by atoms with Crippen LogP contribution in [0.1, 0.15) is 47.6 Å². The first-order valence-electron chi connectivity index (χ1n) is 8.32. The first-order valence-corrected chi connectivity index (χ1v) is 8.32. The molecule has 1 amide bonds. The molecule has 122 valence electrons. The topological polar surface area (TPSA) is 61.0 Å². The van der Waals surface area contributed by atoms with Crippen LogP contribution in [0.5, 0.6) is 0 Å². The molecule has 0 saturated heterocycles. The van der Waals surface area contributed by atoms with E-state index in [1.165, 1.54) is 0 Å². The number of fused-ring (bicyclic) bond motifs is 1. The maximum atomic E-state index is 13.1. The summed E-state index contributed by atoms with van der Waals surface area (Å²) in [6, 6.07) is 10.3. The van der Waals surface area contributed by atoms with E-state index in [9.17, 15) is 4.79 Å². The Morgan fingerprint density at radius 3 is 2.87 bits per heavy atom. The Balaban J connectivity index is 1.87. The van der Waals surface area contributed by atoms with Gasteiger partial charge in [-0.2, -0.15) is 5.10 Å². The minimum absolute atomic E-state index is 0.0180. The Kier molecular flexibility index (Phi) is 4.76. The molecule has 1 aliphatic heterocycles. The lowest BCUT2D eigenvalue weighted by Gasteiger charge is -2.28. The first-order chi connectivity index (χ1) is 11.2. The van der Waals surface area contributed by atoms with Crippen LogP contribution in [0.25, 0.3) is 0 Å². The molecule has 1 unspecified atom stereocenters. The molecule has 0 saturated carbocycles. The van der Waals surface area contributed by atoms with Gasteiger partial charge in [0.15, 0.2) is 5.69 Å². The van der Waals surface area contributed by atoms with Gasteiger partial charge in [0.2, 0.25) is 0 Å². The number of nitrogens with zero attached hydrogens (tertiary/aromatic N) is 2. The molecule has 0 fully saturated rings. The minimum Gasteiger partial charge on any atom is -0.330 e. The fourth-order valence-electron chi connectivity index (χ4n) is 2.97. The molecule has 1 aromatic carbocycles. The summed E-state index contributed by atoms with van der Waals surface area (Å²) in [5.41, 5.74) is 3.84. The lowest BCUT2D eigenvalue weighted by molar-refractivity contribution is 0.0664. The highest BCUT2D eigenvalue weighted by Gasteiger charge is 2.27. The molecule has 2 N–H and O–H groups in total. The molecule has 1 aromatic heterocycles. The summed E-state index contributed by atoms with van der Waals surface area (Å²) < 4.78 is 0. The molecule has 23 heavy (non-hydrogen) atoms. The summed E-state index contributed by atoms with van der Waals surface area (Å²) >= 11 is 0. The normalized spacial score (nSPS) is 15.0. The third-order valence-corrected chi connectivity index (χ3v) is 4.59. The van der Waals surface area contributed by atoms with Crippen LogP contribution in [-0.2, 0) is 19.5 Å². The van der Waals surface area contributed by atoms with Crippen LogP contribution in [0.2, 0.25) is 0 Å². The Labute approximate surface area is 137 Å². The summed E-state index contributed by atoms with van der Waals surface area (Å²) in [4.78, 5) is 15.0. The van der Waals surface area contributed by atoms with Crippen LogP contribution in [0.4, 0.5) is 0 Å². The number of aromatic amines is 1. The molecule has 0 bridgehead atoms. The van der Waals surface area contributed by atoms with E-state index in [1.54, 1.807) is 0 Å². The zero-order valence-electron chi connectivity index (χ0n) is 13.8. The van der Waals surface area contributed by atoms with Gasteiger partial charge < -0.3 is 10.2 Å². The van der Waals surface area contributed by atoms with Gasteiger partial charge in [0.25, 0.3) is 5.91 Å². The van der Waals surface area contributed by atoms with Gasteiger partial charge in [-0.25, -0.2) is 0 Å². The first kappa shape index (κ1) is 15.7. The Hall–Kier alpha value is -2.14. The van der Waals surface area contributed by atoms with E-state index >= 15 is 0 Å². The summed E-state index contributed by atoms with van der Waals surface area (Å²) in [6.07, 6.45) is 1.82. The van der Waals surface area contributed by atoms with Crippen LogP contribution >= 0.6 is 0 Å². The molecule has 5 heteroatoms. The van der Waals surface area contributed by atoms with E-state index in [0.717, 1.165) is 36.2 Å². The predicted molar refractivity (Wildman–Crippen MR) is 90.1 cm³/mol. The molecule has 2 aromatic rings. The van der Waals surface area contributed by atoms with Crippen molar-refractivity contribution in [2.45, 2.75) is 45.8 Å². The number of aromatic nitrogens is 2. The number of amides is 1. The van der Waals surface area contributed by atoms with E-state index in [1.807, 2.05) is 23.1 Å². The Bertz CT molecular complexity index is 665. The Morgan fingerprint density at radius 1 is 1.35 bits per heavy atom. The van der Waals surface area contributed by atoms with E-state index in [-0.39, 0.29) is 11.9 Å². The van der Waals surface area contributed by atoms with E-state index in [4.69, 9.17) is 0 Å².